The predicted molar refractivity (Wildman–Crippen MR) is 110 cm³/mol. The molecule has 1 aliphatic heterocycles. The van der Waals surface area contributed by atoms with Crippen molar-refractivity contribution < 1.29 is 28.4 Å². The summed E-state index contributed by atoms with van der Waals surface area (Å²) in [4.78, 5) is 25.6. The van der Waals surface area contributed by atoms with Crippen LogP contribution in [0.3, 0.4) is 0 Å². The lowest BCUT2D eigenvalue weighted by atomic mass is 10.0. The van der Waals surface area contributed by atoms with Gasteiger partial charge in [0.25, 0.3) is 5.91 Å². The molecule has 3 N–H and O–H groups in total. The molecule has 0 aromatic heterocycles. The lowest BCUT2D eigenvalue weighted by Crippen LogP contribution is -3.11. The number of rotatable bonds is 8. The first kappa shape index (κ1) is 21.6. The fraction of sp³-hybridized carbons (Fsp3) is 0.364. The van der Waals surface area contributed by atoms with Crippen molar-refractivity contribution in [2.45, 2.75) is 18.9 Å². The summed E-state index contributed by atoms with van der Waals surface area (Å²) in [7, 11) is 3.23. The van der Waals surface area contributed by atoms with Crippen LogP contribution in [0.5, 0.6) is 11.5 Å². The Hall–Kier alpha value is -3.13. The summed E-state index contributed by atoms with van der Waals surface area (Å²) in [5.74, 6) is 0.536. The van der Waals surface area contributed by atoms with Gasteiger partial charge < -0.3 is 25.0 Å². The van der Waals surface area contributed by atoms with E-state index < -0.39 is 0 Å². The Morgan fingerprint density at radius 1 is 1.10 bits per heavy atom. The van der Waals surface area contributed by atoms with Crippen LogP contribution >= 0.6 is 0 Å². The van der Waals surface area contributed by atoms with Crippen molar-refractivity contribution in [1.29, 1.82) is 0 Å². The molecule has 3 rings (SSSR count). The maximum absolute atomic E-state index is 12.9. The maximum atomic E-state index is 12.9. The molecular weight excluding hydrogens is 389 g/mol. The Labute approximate surface area is 175 Å². The third kappa shape index (κ3) is 5.48. The minimum absolute atomic E-state index is 0.139. The molecule has 2 aromatic rings. The van der Waals surface area contributed by atoms with Gasteiger partial charge in [-0.1, -0.05) is 0 Å². The third-order valence-electron chi connectivity index (χ3n) is 5.26. The van der Waals surface area contributed by atoms with Gasteiger partial charge in [-0.25, -0.2) is 4.39 Å². The molecule has 2 aromatic carbocycles. The highest BCUT2D eigenvalue weighted by atomic mass is 19.1. The standard InChI is InChI=1S/C22H26FN3O4/c1-29-17-9-10-18(20(12-17)30-2)19-4-3-11-26(19)14-22(28)24-13-21(27)25-16-7-5-15(23)6-8-16/h5-10,12,19H,3-4,11,13-14H2,1-2H3,(H,24,28)(H,25,27)/p+1/t19-/m0/s1. The summed E-state index contributed by atoms with van der Waals surface area (Å²) < 4.78 is 23.7. The van der Waals surface area contributed by atoms with Crippen LogP contribution in [0.2, 0.25) is 0 Å². The molecule has 7 nitrogen and oxygen atoms in total. The molecule has 1 fully saturated rings. The van der Waals surface area contributed by atoms with Gasteiger partial charge >= 0.3 is 0 Å². The normalized spacial score (nSPS) is 18.0. The number of ether oxygens (including phenoxy) is 2. The smallest absolute Gasteiger partial charge is 0.275 e. The van der Waals surface area contributed by atoms with Crippen molar-refractivity contribution in [2.24, 2.45) is 0 Å². The van der Waals surface area contributed by atoms with Crippen LogP contribution in [-0.2, 0) is 9.59 Å². The summed E-state index contributed by atoms with van der Waals surface area (Å²) in [5.41, 5.74) is 1.53. The van der Waals surface area contributed by atoms with Crippen molar-refractivity contribution in [1.82, 2.24) is 5.32 Å². The van der Waals surface area contributed by atoms with Crippen LogP contribution < -0.4 is 25.0 Å². The molecule has 160 valence electrons. The van der Waals surface area contributed by atoms with Gasteiger partial charge in [0.2, 0.25) is 5.91 Å². The Balaban J connectivity index is 1.54. The highest BCUT2D eigenvalue weighted by Gasteiger charge is 2.33. The minimum Gasteiger partial charge on any atom is -0.497 e. The summed E-state index contributed by atoms with van der Waals surface area (Å²) in [6, 6.07) is 11.3. The van der Waals surface area contributed by atoms with Crippen LogP contribution in [0.25, 0.3) is 0 Å². The number of carbonyl (C=O) groups is 2. The fourth-order valence-corrected chi connectivity index (χ4v) is 3.79. The maximum Gasteiger partial charge on any atom is 0.275 e. The number of likely N-dealkylation sites (tertiary alicyclic amines) is 1. The fourth-order valence-electron chi connectivity index (χ4n) is 3.79. The van der Waals surface area contributed by atoms with Gasteiger partial charge in [-0.2, -0.15) is 0 Å². The van der Waals surface area contributed by atoms with Gasteiger partial charge in [-0.3, -0.25) is 9.59 Å². The van der Waals surface area contributed by atoms with Crippen LogP contribution in [0.4, 0.5) is 10.1 Å². The van der Waals surface area contributed by atoms with E-state index in [0.717, 1.165) is 41.3 Å². The van der Waals surface area contributed by atoms with E-state index in [9.17, 15) is 14.0 Å². The molecule has 30 heavy (non-hydrogen) atoms. The van der Waals surface area contributed by atoms with Crippen LogP contribution in [0.1, 0.15) is 24.4 Å². The van der Waals surface area contributed by atoms with Crippen LogP contribution in [-0.4, -0.2) is 45.7 Å². The van der Waals surface area contributed by atoms with Gasteiger partial charge in [0.1, 0.15) is 23.4 Å². The highest BCUT2D eigenvalue weighted by molar-refractivity contribution is 5.94. The summed E-state index contributed by atoms with van der Waals surface area (Å²) in [6.07, 6.45) is 1.96. The van der Waals surface area contributed by atoms with Gasteiger partial charge in [0.15, 0.2) is 6.54 Å². The zero-order valence-corrected chi connectivity index (χ0v) is 17.2. The SMILES string of the molecule is COc1ccc([C@@H]2CCC[NH+]2CC(=O)NCC(=O)Nc2ccc(F)cc2)c(OC)c1. The quantitative estimate of drug-likeness (QED) is 0.606. The Morgan fingerprint density at radius 2 is 1.87 bits per heavy atom. The largest absolute Gasteiger partial charge is 0.497 e. The van der Waals surface area contributed by atoms with E-state index in [1.807, 2.05) is 18.2 Å². The van der Waals surface area contributed by atoms with Crippen molar-refractivity contribution >= 4 is 17.5 Å². The number of benzene rings is 2. The van der Waals surface area contributed by atoms with E-state index in [0.29, 0.717) is 5.69 Å². The molecule has 1 unspecified atom stereocenters. The first-order chi connectivity index (χ1) is 14.5. The molecule has 1 saturated heterocycles. The van der Waals surface area contributed by atoms with Gasteiger partial charge in [0.05, 0.1) is 32.9 Å². The van der Waals surface area contributed by atoms with Gasteiger partial charge in [-0.05, 0) is 36.4 Å². The second-order valence-electron chi connectivity index (χ2n) is 7.22. The van der Waals surface area contributed by atoms with Gasteiger partial charge in [0, 0.05) is 24.6 Å². The molecular formula is C22H27FN3O4+. The number of methoxy groups -OCH3 is 2. The highest BCUT2D eigenvalue weighted by Crippen LogP contribution is 2.31. The molecule has 0 bridgehead atoms. The number of carbonyl (C=O) groups excluding carboxylic acids is 2. The number of quaternary nitrogens is 1. The molecule has 1 heterocycles. The van der Waals surface area contributed by atoms with Crippen LogP contribution in [0.15, 0.2) is 42.5 Å². The molecule has 0 spiro atoms. The van der Waals surface area contributed by atoms with Crippen LogP contribution in [0, 0.1) is 5.82 Å². The van der Waals surface area contributed by atoms with E-state index in [1.54, 1.807) is 14.2 Å². The van der Waals surface area contributed by atoms with E-state index in [2.05, 4.69) is 10.6 Å². The second kappa shape index (κ2) is 10.1. The molecule has 0 aliphatic carbocycles. The number of hydrogen-bond acceptors (Lipinski definition) is 4. The number of anilines is 1. The lowest BCUT2D eigenvalue weighted by molar-refractivity contribution is -0.910. The Kier molecular flexibility index (Phi) is 7.24. The van der Waals surface area contributed by atoms with Crippen molar-refractivity contribution in [3.8, 4) is 11.5 Å². The van der Waals surface area contributed by atoms with Crippen molar-refractivity contribution in [3.05, 3.63) is 53.8 Å². The molecule has 2 amide bonds. The third-order valence-corrected chi connectivity index (χ3v) is 5.26. The number of halogens is 1. The predicted octanol–water partition coefficient (Wildman–Crippen LogP) is 1.32. The summed E-state index contributed by atoms with van der Waals surface area (Å²) in [5, 5.41) is 5.29. The van der Waals surface area contributed by atoms with E-state index >= 15 is 0 Å². The zero-order valence-electron chi connectivity index (χ0n) is 17.2. The van der Waals surface area contributed by atoms with Gasteiger partial charge in [-0.15, -0.1) is 0 Å². The zero-order chi connectivity index (χ0) is 21.5. The molecule has 0 saturated carbocycles. The average molecular weight is 416 g/mol. The molecule has 8 heteroatoms. The monoisotopic (exact) mass is 416 g/mol. The Bertz CT molecular complexity index is 888. The van der Waals surface area contributed by atoms with Crippen molar-refractivity contribution in [2.75, 3.05) is 39.2 Å². The number of hydrogen-bond donors (Lipinski definition) is 3. The molecule has 0 radical (unpaired) electrons. The second-order valence-corrected chi connectivity index (χ2v) is 7.22. The minimum atomic E-state index is -0.377. The first-order valence-corrected chi connectivity index (χ1v) is 9.88. The first-order valence-electron chi connectivity index (χ1n) is 9.88. The molecule has 1 aliphatic rings. The van der Waals surface area contributed by atoms with E-state index in [1.165, 1.54) is 24.3 Å². The van der Waals surface area contributed by atoms with E-state index in [4.69, 9.17) is 9.47 Å². The summed E-state index contributed by atoms with van der Waals surface area (Å²) >= 11 is 0. The average Bonchev–Trinajstić information content (AvgIpc) is 3.21. The lowest BCUT2D eigenvalue weighted by Gasteiger charge is -2.23. The van der Waals surface area contributed by atoms with E-state index in [-0.39, 0.29) is 36.8 Å². The topological polar surface area (TPSA) is 81.1 Å². The Morgan fingerprint density at radius 3 is 2.57 bits per heavy atom. The molecule has 2 atom stereocenters. The number of nitrogens with one attached hydrogen (secondary N) is 3. The summed E-state index contributed by atoms with van der Waals surface area (Å²) in [6.45, 7) is 0.999. The number of amides is 2. The van der Waals surface area contributed by atoms with Crippen molar-refractivity contribution in [3.63, 3.8) is 0 Å².